The second kappa shape index (κ2) is 15.6. The van der Waals surface area contributed by atoms with Crippen LogP contribution in [0.2, 0.25) is 0 Å². The Morgan fingerprint density at radius 1 is 0.809 bits per heavy atom. The van der Waals surface area contributed by atoms with Gasteiger partial charge in [0.15, 0.2) is 0 Å². The minimum absolute atomic E-state index is 0.196. The van der Waals surface area contributed by atoms with Crippen molar-refractivity contribution in [1.82, 2.24) is 14.2 Å². The van der Waals surface area contributed by atoms with Gasteiger partial charge >= 0.3 is 6.09 Å². The SMILES string of the molecule is CC(C)(C)OC(=O)N(Cc1ccc(-c2ccc(CN(Cc3cccnc3)S(=O)(=O)c3ccccc3Br)cc2)cc1)CC1CCCCC1. The zero-order chi connectivity index (χ0) is 33.4. The van der Waals surface area contributed by atoms with E-state index in [1.165, 1.54) is 23.6 Å². The smallest absolute Gasteiger partial charge is 0.410 e. The molecular weight excluding hydrogens is 674 g/mol. The van der Waals surface area contributed by atoms with E-state index in [9.17, 15) is 13.2 Å². The molecule has 248 valence electrons. The third kappa shape index (κ3) is 9.75. The molecule has 1 aliphatic carbocycles. The molecule has 9 heteroatoms. The lowest BCUT2D eigenvalue weighted by molar-refractivity contribution is 0.0190. The Morgan fingerprint density at radius 3 is 1.98 bits per heavy atom. The van der Waals surface area contributed by atoms with Crippen LogP contribution in [0.1, 0.15) is 69.6 Å². The lowest BCUT2D eigenvalue weighted by atomic mass is 9.89. The van der Waals surface area contributed by atoms with Crippen molar-refractivity contribution in [3.05, 3.63) is 118 Å². The standard InChI is InChI=1S/C38H44BrN3O4S/c1-38(2,3)46-37(43)41(25-29-10-5-4-6-11-29)26-30-15-19-33(20-16-30)34-21-17-31(18-22-34)27-42(28-32-12-9-23-40-24-32)47(44,45)36-14-8-7-13-35(36)39/h7-9,12-24,29H,4-6,10-11,25-28H2,1-3H3. The molecule has 0 radical (unpaired) electrons. The minimum Gasteiger partial charge on any atom is -0.444 e. The number of hydrogen-bond donors (Lipinski definition) is 0. The van der Waals surface area contributed by atoms with Gasteiger partial charge in [-0.15, -0.1) is 0 Å². The third-order valence-corrected chi connectivity index (χ3v) is 11.2. The van der Waals surface area contributed by atoms with Gasteiger partial charge < -0.3 is 9.64 Å². The summed E-state index contributed by atoms with van der Waals surface area (Å²) in [6, 6.07) is 26.9. The van der Waals surface area contributed by atoms with Gasteiger partial charge in [0.25, 0.3) is 0 Å². The molecule has 1 aliphatic rings. The molecule has 1 saturated carbocycles. The highest BCUT2D eigenvalue weighted by atomic mass is 79.9. The Hall–Kier alpha value is -3.53. The van der Waals surface area contributed by atoms with Gasteiger partial charge in [0.05, 0.1) is 4.90 Å². The Balaban J connectivity index is 1.30. The van der Waals surface area contributed by atoms with E-state index in [4.69, 9.17) is 4.74 Å². The van der Waals surface area contributed by atoms with E-state index in [0.29, 0.717) is 23.5 Å². The number of amides is 1. The predicted octanol–water partition coefficient (Wildman–Crippen LogP) is 9.22. The Kier molecular flexibility index (Phi) is 11.5. The average Bonchev–Trinajstić information content (AvgIpc) is 3.05. The lowest BCUT2D eigenvalue weighted by Gasteiger charge is -2.32. The van der Waals surface area contributed by atoms with E-state index < -0.39 is 15.6 Å². The normalized spacial score (nSPS) is 14.2. The van der Waals surface area contributed by atoms with E-state index in [2.05, 4.69) is 45.2 Å². The van der Waals surface area contributed by atoms with Crippen LogP contribution in [0, 0.1) is 5.92 Å². The summed E-state index contributed by atoms with van der Waals surface area (Å²) in [6.45, 7) is 7.34. The number of nitrogens with zero attached hydrogens (tertiary/aromatic N) is 3. The van der Waals surface area contributed by atoms with E-state index in [1.807, 2.05) is 62.1 Å². The van der Waals surface area contributed by atoms with Crippen molar-refractivity contribution in [3.8, 4) is 11.1 Å². The zero-order valence-electron chi connectivity index (χ0n) is 27.4. The quantitative estimate of drug-likeness (QED) is 0.155. The second-order valence-corrected chi connectivity index (χ2v) is 16.1. The minimum atomic E-state index is -3.81. The highest BCUT2D eigenvalue weighted by Crippen LogP contribution is 2.29. The van der Waals surface area contributed by atoms with Gasteiger partial charge in [0.2, 0.25) is 10.0 Å². The van der Waals surface area contributed by atoms with Gasteiger partial charge in [-0.3, -0.25) is 4.98 Å². The molecule has 0 unspecified atom stereocenters. The molecule has 0 bridgehead atoms. The largest absolute Gasteiger partial charge is 0.444 e. The van der Waals surface area contributed by atoms with Crippen molar-refractivity contribution >= 4 is 32.0 Å². The van der Waals surface area contributed by atoms with Gasteiger partial charge in [-0.25, -0.2) is 13.2 Å². The Bertz CT molecular complexity index is 1720. The average molecular weight is 719 g/mol. The number of benzene rings is 3. The fraction of sp³-hybridized carbons (Fsp3) is 0.368. The number of sulfonamides is 1. The van der Waals surface area contributed by atoms with Gasteiger partial charge in [-0.1, -0.05) is 86.0 Å². The van der Waals surface area contributed by atoms with Crippen molar-refractivity contribution in [3.63, 3.8) is 0 Å². The molecule has 0 N–H and O–H groups in total. The highest BCUT2D eigenvalue weighted by Gasteiger charge is 2.28. The fourth-order valence-electron chi connectivity index (χ4n) is 5.95. The number of aromatic nitrogens is 1. The maximum Gasteiger partial charge on any atom is 0.410 e. The molecule has 4 aromatic rings. The molecule has 1 amide bonds. The first kappa shape index (κ1) is 34.8. The summed E-state index contributed by atoms with van der Waals surface area (Å²) in [5.74, 6) is 0.513. The Morgan fingerprint density at radius 2 is 1.40 bits per heavy atom. The topological polar surface area (TPSA) is 79.8 Å². The monoisotopic (exact) mass is 717 g/mol. The van der Waals surface area contributed by atoms with Gasteiger partial charge in [-0.05, 0) is 101 Å². The first-order valence-electron chi connectivity index (χ1n) is 16.3. The van der Waals surface area contributed by atoms with Gasteiger partial charge in [0, 0.05) is 43.0 Å². The molecule has 0 atom stereocenters. The summed E-state index contributed by atoms with van der Waals surface area (Å²) in [7, 11) is -3.81. The summed E-state index contributed by atoms with van der Waals surface area (Å²) in [6.07, 6.45) is 9.15. The highest BCUT2D eigenvalue weighted by molar-refractivity contribution is 9.10. The van der Waals surface area contributed by atoms with Crippen LogP contribution in [0.4, 0.5) is 4.79 Å². The summed E-state index contributed by atoms with van der Waals surface area (Å²) in [5.41, 5.74) is 4.26. The molecule has 0 spiro atoms. The maximum atomic E-state index is 13.8. The van der Waals surface area contributed by atoms with Crippen LogP contribution in [-0.2, 0) is 34.4 Å². The van der Waals surface area contributed by atoms with Gasteiger partial charge in [0.1, 0.15) is 5.60 Å². The second-order valence-electron chi connectivity index (χ2n) is 13.3. The number of ether oxygens (including phenoxy) is 1. The van der Waals surface area contributed by atoms with Crippen LogP contribution < -0.4 is 0 Å². The zero-order valence-corrected chi connectivity index (χ0v) is 29.8. The predicted molar refractivity (Wildman–Crippen MR) is 190 cm³/mol. The number of hydrogen-bond acceptors (Lipinski definition) is 5. The molecule has 5 rings (SSSR count). The number of rotatable bonds is 11. The molecule has 0 aliphatic heterocycles. The number of halogens is 1. The summed E-state index contributed by atoms with van der Waals surface area (Å²) < 4.78 is 35.4. The van der Waals surface area contributed by atoms with Crippen LogP contribution in [-0.4, -0.2) is 40.8 Å². The molecule has 7 nitrogen and oxygen atoms in total. The summed E-state index contributed by atoms with van der Waals surface area (Å²) >= 11 is 3.42. The summed E-state index contributed by atoms with van der Waals surface area (Å²) in [5, 5.41) is 0. The van der Waals surface area contributed by atoms with Crippen molar-refractivity contribution in [1.29, 1.82) is 0 Å². The van der Waals surface area contributed by atoms with E-state index in [-0.39, 0.29) is 24.1 Å². The van der Waals surface area contributed by atoms with Gasteiger partial charge in [-0.2, -0.15) is 4.31 Å². The number of carbonyl (C=O) groups excluding carboxylic acids is 1. The van der Waals surface area contributed by atoms with Crippen LogP contribution >= 0.6 is 15.9 Å². The lowest BCUT2D eigenvalue weighted by Crippen LogP contribution is -2.39. The fourth-order valence-corrected chi connectivity index (χ4v) is 8.33. The Labute approximate surface area is 288 Å². The van der Waals surface area contributed by atoms with Crippen molar-refractivity contribution in [2.45, 2.75) is 83.0 Å². The third-order valence-electron chi connectivity index (χ3n) is 8.36. The van der Waals surface area contributed by atoms with Crippen molar-refractivity contribution < 1.29 is 17.9 Å². The molecule has 1 heterocycles. The summed E-state index contributed by atoms with van der Waals surface area (Å²) in [4.78, 5) is 19.4. The van der Waals surface area contributed by atoms with E-state index >= 15 is 0 Å². The first-order chi connectivity index (χ1) is 22.5. The molecular formula is C38H44BrN3O4S. The molecule has 1 aromatic heterocycles. The van der Waals surface area contributed by atoms with E-state index in [0.717, 1.165) is 40.7 Å². The van der Waals surface area contributed by atoms with Crippen molar-refractivity contribution in [2.24, 2.45) is 5.92 Å². The molecule has 3 aromatic carbocycles. The number of carbonyl (C=O) groups is 1. The van der Waals surface area contributed by atoms with Crippen LogP contribution in [0.5, 0.6) is 0 Å². The molecule has 0 saturated heterocycles. The van der Waals surface area contributed by atoms with E-state index in [1.54, 1.807) is 36.7 Å². The molecule has 47 heavy (non-hydrogen) atoms. The van der Waals surface area contributed by atoms with Crippen molar-refractivity contribution in [2.75, 3.05) is 6.54 Å². The molecule has 1 fully saturated rings. The maximum absolute atomic E-state index is 13.8. The van der Waals surface area contributed by atoms with Crippen LogP contribution in [0.25, 0.3) is 11.1 Å². The number of pyridine rings is 1. The first-order valence-corrected chi connectivity index (χ1v) is 18.5. The van der Waals surface area contributed by atoms with Crippen LogP contribution in [0.3, 0.4) is 0 Å². The van der Waals surface area contributed by atoms with Crippen LogP contribution in [0.15, 0.2) is 107 Å².